The van der Waals surface area contributed by atoms with Crippen LogP contribution in [0.25, 0.3) is 11.5 Å². The Labute approximate surface area is 138 Å². The lowest BCUT2D eigenvalue weighted by molar-refractivity contribution is 0.0330. The summed E-state index contributed by atoms with van der Waals surface area (Å²) in [5, 5.41) is 16.9. The van der Waals surface area contributed by atoms with Crippen LogP contribution >= 0.6 is 0 Å². The van der Waals surface area contributed by atoms with Crippen LogP contribution in [0, 0.1) is 6.92 Å². The Balaban J connectivity index is 1.79. The molecule has 2 aromatic heterocycles. The predicted octanol–water partition coefficient (Wildman–Crippen LogP) is 2.28. The van der Waals surface area contributed by atoms with Gasteiger partial charge in [0.25, 0.3) is 11.8 Å². The van der Waals surface area contributed by atoms with E-state index in [1.807, 2.05) is 0 Å². The van der Waals surface area contributed by atoms with Crippen LogP contribution in [0.2, 0.25) is 0 Å². The highest BCUT2D eigenvalue weighted by Crippen LogP contribution is 2.23. The van der Waals surface area contributed by atoms with Crippen LogP contribution in [0.5, 0.6) is 0 Å². The third-order valence-electron chi connectivity index (χ3n) is 3.57. The van der Waals surface area contributed by atoms with E-state index in [-0.39, 0.29) is 18.3 Å². The van der Waals surface area contributed by atoms with Gasteiger partial charge in [-0.25, -0.2) is 0 Å². The molecule has 1 atom stereocenters. The maximum Gasteiger partial charge on any atom is 0.258 e. The number of furan rings is 1. The van der Waals surface area contributed by atoms with Crippen molar-refractivity contribution < 1.29 is 18.8 Å². The molecular weight excluding hydrogens is 310 g/mol. The van der Waals surface area contributed by atoms with Crippen molar-refractivity contribution in [2.24, 2.45) is 0 Å². The molecular formula is C17H17N3O4. The molecule has 24 heavy (non-hydrogen) atoms. The van der Waals surface area contributed by atoms with Gasteiger partial charge in [0.1, 0.15) is 11.4 Å². The van der Waals surface area contributed by atoms with Gasteiger partial charge in [-0.2, -0.15) is 4.98 Å². The zero-order chi connectivity index (χ0) is 17.2. The maximum absolute atomic E-state index is 12.5. The van der Waals surface area contributed by atoms with E-state index in [1.165, 1.54) is 6.26 Å². The molecule has 0 saturated carbocycles. The van der Waals surface area contributed by atoms with Gasteiger partial charge in [0.2, 0.25) is 0 Å². The van der Waals surface area contributed by atoms with Crippen LogP contribution in [0.1, 0.15) is 28.9 Å². The average molecular weight is 327 g/mol. The van der Waals surface area contributed by atoms with E-state index in [1.54, 1.807) is 50.2 Å². The summed E-state index contributed by atoms with van der Waals surface area (Å²) in [6, 6.07) is 10.2. The highest BCUT2D eigenvalue weighted by molar-refractivity contribution is 5.99. The van der Waals surface area contributed by atoms with Crippen LogP contribution < -0.4 is 5.32 Å². The topological polar surface area (TPSA) is 101 Å². The first-order valence-corrected chi connectivity index (χ1v) is 7.41. The molecule has 7 heteroatoms. The van der Waals surface area contributed by atoms with Crippen LogP contribution in [0.4, 0.5) is 0 Å². The summed E-state index contributed by atoms with van der Waals surface area (Å²) >= 11 is 0. The Morgan fingerprint density at radius 3 is 2.75 bits per heavy atom. The highest BCUT2D eigenvalue weighted by atomic mass is 16.5. The van der Waals surface area contributed by atoms with Crippen molar-refractivity contribution in [3.05, 3.63) is 59.8 Å². The normalized spacial score (nSPS) is 13.5. The van der Waals surface area contributed by atoms with Crippen molar-refractivity contribution in [1.29, 1.82) is 0 Å². The van der Waals surface area contributed by atoms with Gasteiger partial charge in [-0.1, -0.05) is 17.3 Å². The fraction of sp³-hybridized carbons (Fsp3) is 0.235. The fourth-order valence-electron chi connectivity index (χ4n) is 2.29. The monoisotopic (exact) mass is 327 g/mol. The van der Waals surface area contributed by atoms with Crippen LogP contribution in [0.3, 0.4) is 0 Å². The number of aromatic nitrogens is 2. The van der Waals surface area contributed by atoms with Gasteiger partial charge >= 0.3 is 0 Å². The quantitative estimate of drug-likeness (QED) is 0.745. The molecule has 3 rings (SSSR count). The maximum atomic E-state index is 12.5. The van der Waals surface area contributed by atoms with Gasteiger partial charge in [0, 0.05) is 0 Å². The third-order valence-corrected chi connectivity index (χ3v) is 3.57. The minimum atomic E-state index is -1.31. The van der Waals surface area contributed by atoms with Gasteiger partial charge in [0.15, 0.2) is 5.82 Å². The Bertz CT molecular complexity index is 837. The number of aliphatic hydroxyl groups is 1. The lowest BCUT2D eigenvalue weighted by atomic mass is 10.0. The number of rotatable bonds is 5. The molecule has 0 radical (unpaired) electrons. The summed E-state index contributed by atoms with van der Waals surface area (Å²) < 4.78 is 10.3. The number of amides is 1. The SMILES string of the molecule is Cc1noc(-c2ccccc2C(=O)NCC(C)(O)c2ccco2)n1. The van der Waals surface area contributed by atoms with E-state index < -0.39 is 5.60 Å². The molecule has 0 saturated heterocycles. The van der Waals surface area contributed by atoms with Gasteiger partial charge in [-0.15, -0.1) is 0 Å². The summed E-state index contributed by atoms with van der Waals surface area (Å²) in [5.41, 5.74) is -0.389. The second-order valence-corrected chi connectivity index (χ2v) is 5.63. The minimum Gasteiger partial charge on any atom is -0.466 e. The molecule has 0 bridgehead atoms. The fourth-order valence-corrected chi connectivity index (χ4v) is 2.29. The van der Waals surface area contributed by atoms with Crippen molar-refractivity contribution in [3.8, 4) is 11.5 Å². The predicted molar refractivity (Wildman–Crippen MR) is 85.1 cm³/mol. The zero-order valence-corrected chi connectivity index (χ0v) is 13.3. The molecule has 1 aromatic carbocycles. The van der Waals surface area contributed by atoms with Gasteiger partial charge in [-0.3, -0.25) is 4.79 Å². The highest BCUT2D eigenvalue weighted by Gasteiger charge is 2.27. The van der Waals surface area contributed by atoms with Gasteiger partial charge in [0.05, 0.1) is 23.9 Å². The van der Waals surface area contributed by atoms with E-state index >= 15 is 0 Å². The molecule has 1 amide bonds. The Morgan fingerprint density at radius 2 is 2.08 bits per heavy atom. The summed E-state index contributed by atoms with van der Waals surface area (Å²) in [6.45, 7) is 3.27. The molecule has 0 aliphatic carbocycles. The van der Waals surface area contributed by atoms with Crippen molar-refractivity contribution in [3.63, 3.8) is 0 Å². The van der Waals surface area contributed by atoms with E-state index in [9.17, 15) is 9.90 Å². The number of nitrogens with one attached hydrogen (secondary N) is 1. The summed E-state index contributed by atoms with van der Waals surface area (Å²) in [7, 11) is 0. The van der Waals surface area contributed by atoms with Crippen LogP contribution in [-0.4, -0.2) is 27.7 Å². The van der Waals surface area contributed by atoms with E-state index in [0.29, 0.717) is 22.7 Å². The standard InChI is InChI=1S/C17H17N3O4/c1-11-19-16(24-20-11)13-7-4-3-6-12(13)15(21)18-10-17(2,22)14-8-5-9-23-14/h3-9,22H,10H2,1-2H3,(H,18,21). The smallest absolute Gasteiger partial charge is 0.258 e. The third kappa shape index (κ3) is 3.21. The van der Waals surface area contributed by atoms with E-state index in [4.69, 9.17) is 8.94 Å². The lowest BCUT2D eigenvalue weighted by Gasteiger charge is -2.21. The molecule has 0 aliphatic heterocycles. The van der Waals surface area contributed by atoms with E-state index in [0.717, 1.165) is 0 Å². The second-order valence-electron chi connectivity index (χ2n) is 5.63. The van der Waals surface area contributed by atoms with Crippen LogP contribution in [0.15, 0.2) is 51.6 Å². The van der Waals surface area contributed by atoms with Crippen molar-refractivity contribution in [2.45, 2.75) is 19.4 Å². The molecule has 0 spiro atoms. The Morgan fingerprint density at radius 1 is 1.29 bits per heavy atom. The van der Waals surface area contributed by atoms with E-state index in [2.05, 4.69) is 15.5 Å². The number of hydrogen-bond donors (Lipinski definition) is 2. The first-order valence-electron chi connectivity index (χ1n) is 7.41. The lowest BCUT2D eigenvalue weighted by Crippen LogP contribution is -2.38. The van der Waals surface area contributed by atoms with Crippen molar-refractivity contribution >= 4 is 5.91 Å². The Hall–Kier alpha value is -2.93. The molecule has 2 heterocycles. The number of carbonyl (C=O) groups is 1. The number of hydrogen-bond acceptors (Lipinski definition) is 6. The summed E-state index contributed by atoms with van der Waals surface area (Å²) in [5.74, 6) is 0.786. The molecule has 7 nitrogen and oxygen atoms in total. The van der Waals surface area contributed by atoms with Gasteiger partial charge in [-0.05, 0) is 38.1 Å². The number of benzene rings is 1. The second kappa shape index (κ2) is 6.29. The summed E-state index contributed by atoms with van der Waals surface area (Å²) in [4.78, 5) is 16.7. The number of nitrogens with zero attached hydrogens (tertiary/aromatic N) is 2. The number of aryl methyl sites for hydroxylation is 1. The average Bonchev–Trinajstić information content (AvgIpc) is 3.24. The Kier molecular flexibility index (Phi) is 4.18. The minimum absolute atomic E-state index is 0.00343. The van der Waals surface area contributed by atoms with Crippen LogP contribution in [-0.2, 0) is 5.60 Å². The van der Waals surface area contributed by atoms with Gasteiger partial charge < -0.3 is 19.4 Å². The first kappa shape index (κ1) is 15.9. The zero-order valence-electron chi connectivity index (χ0n) is 13.3. The number of carbonyl (C=O) groups excluding carboxylic acids is 1. The largest absolute Gasteiger partial charge is 0.466 e. The molecule has 0 fully saturated rings. The van der Waals surface area contributed by atoms with Crippen molar-refractivity contribution in [1.82, 2.24) is 15.5 Å². The molecule has 2 N–H and O–H groups in total. The molecule has 3 aromatic rings. The molecule has 1 unspecified atom stereocenters. The first-order chi connectivity index (χ1) is 11.5. The molecule has 0 aliphatic rings. The molecule has 124 valence electrons. The van der Waals surface area contributed by atoms with Crippen molar-refractivity contribution in [2.75, 3.05) is 6.54 Å². The summed E-state index contributed by atoms with van der Waals surface area (Å²) in [6.07, 6.45) is 1.47.